The highest BCUT2D eigenvalue weighted by molar-refractivity contribution is 14.1. The van der Waals surface area contributed by atoms with E-state index in [4.69, 9.17) is 0 Å². The minimum absolute atomic E-state index is 0.730. The molecule has 4 atom stereocenters. The van der Waals surface area contributed by atoms with Crippen molar-refractivity contribution in [3.8, 4) is 0 Å². The van der Waals surface area contributed by atoms with Crippen LogP contribution in [0.4, 0.5) is 0 Å². The van der Waals surface area contributed by atoms with Gasteiger partial charge in [-0.3, -0.25) is 0 Å². The molecule has 4 unspecified atom stereocenters. The summed E-state index contributed by atoms with van der Waals surface area (Å²) in [5.41, 5.74) is 3.22. The van der Waals surface area contributed by atoms with Crippen molar-refractivity contribution in [3.63, 3.8) is 0 Å². The fourth-order valence-corrected chi connectivity index (χ4v) is 3.56. The van der Waals surface area contributed by atoms with E-state index >= 15 is 0 Å². The molecule has 1 aliphatic carbocycles. The lowest BCUT2D eigenvalue weighted by Gasteiger charge is -2.37. The molecule has 0 bridgehead atoms. The zero-order valence-electron chi connectivity index (χ0n) is 10.4. The number of hydrogen-bond acceptors (Lipinski definition) is 0. The van der Waals surface area contributed by atoms with Gasteiger partial charge in [0.1, 0.15) is 0 Å². The van der Waals surface area contributed by atoms with E-state index in [1.165, 1.54) is 10.8 Å². The van der Waals surface area contributed by atoms with E-state index < -0.39 is 0 Å². The van der Waals surface area contributed by atoms with Gasteiger partial charge in [0, 0.05) is 4.43 Å². The van der Waals surface area contributed by atoms with Gasteiger partial charge in [0.25, 0.3) is 0 Å². The van der Waals surface area contributed by atoms with Gasteiger partial charge in [0.15, 0.2) is 0 Å². The van der Waals surface area contributed by atoms with Gasteiger partial charge in [-0.1, -0.05) is 67.6 Å². The summed E-state index contributed by atoms with van der Waals surface area (Å²) in [6.07, 6.45) is 1.36. The molecule has 0 heterocycles. The van der Waals surface area contributed by atoms with E-state index in [0.717, 1.165) is 23.7 Å². The van der Waals surface area contributed by atoms with Crippen LogP contribution >= 0.6 is 22.6 Å². The second kappa shape index (κ2) is 5.07. The second-order valence-electron chi connectivity index (χ2n) is 5.37. The Kier molecular flexibility index (Phi) is 3.93. The lowest BCUT2D eigenvalue weighted by Crippen LogP contribution is -2.24. The van der Waals surface area contributed by atoms with Gasteiger partial charge >= 0.3 is 0 Å². The molecule has 0 aliphatic heterocycles. The molecule has 0 aromatic heterocycles. The lowest BCUT2D eigenvalue weighted by molar-refractivity contribution is 0.332. The molecule has 0 saturated heterocycles. The molecule has 1 heteroatoms. The number of benzene rings is 1. The Bertz CT molecular complexity index is 358. The van der Waals surface area contributed by atoms with E-state index in [-0.39, 0.29) is 0 Å². The number of rotatable bonds is 2. The smallest absolute Gasteiger partial charge is 0.00269 e. The minimum atomic E-state index is 0.730. The summed E-state index contributed by atoms with van der Waals surface area (Å²) >= 11 is 2.53. The predicted molar refractivity (Wildman–Crippen MR) is 79.4 cm³/mol. The Morgan fingerprint density at radius 1 is 1.25 bits per heavy atom. The second-order valence-corrected chi connectivity index (χ2v) is 6.25. The van der Waals surface area contributed by atoms with Gasteiger partial charge in [0.05, 0.1) is 0 Å². The lowest BCUT2D eigenvalue weighted by atomic mass is 9.68. The third kappa shape index (κ3) is 2.15. The summed E-state index contributed by atoms with van der Waals surface area (Å²) in [5, 5.41) is 0. The number of fused-ring (bicyclic) bond motifs is 1. The van der Waals surface area contributed by atoms with Crippen LogP contribution in [0, 0.1) is 11.8 Å². The average molecular weight is 328 g/mol. The first-order valence-electron chi connectivity index (χ1n) is 6.30. The number of halogens is 1. The van der Waals surface area contributed by atoms with Crippen LogP contribution in [-0.4, -0.2) is 4.43 Å². The molecule has 0 N–H and O–H groups in total. The highest BCUT2D eigenvalue weighted by Crippen LogP contribution is 2.45. The number of alkyl halides is 1. The van der Waals surface area contributed by atoms with Crippen LogP contribution in [0.25, 0.3) is 0 Å². The molecule has 0 nitrogen and oxygen atoms in total. The van der Waals surface area contributed by atoms with Gasteiger partial charge in [-0.2, -0.15) is 0 Å². The monoisotopic (exact) mass is 328 g/mol. The standard InChI is InChI=1S/C15H21I/c1-10-8-15(11(2)9-16)14-7-5-4-6-13(14)12(10)3/h4-7,10-12,15H,8-9H2,1-3H3. The van der Waals surface area contributed by atoms with Gasteiger partial charge in [-0.15, -0.1) is 0 Å². The van der Waals surface area contributed by atoms with Crippen molar-refractivity contribution in [1.82, 2.24) is 0 Å². The van der Waals surface area contributed by atoms with Crippen molar-refractivity contribution in [1.29, 1.82) is 0 Å². The maximum atomic E-state index is 2.53. The Balaban J connectivity index is 2.40. The third-order valence-corrected chi connectivity index (χ3v) is 5.68. The molecule has 0 amide bonds. The van der Waals surface area contributed by atoms with Crippen LogP contribution in [0.2, 0.25) is 0 Å². The van der Waals surface area contributed by atoms with Crippen LogP contribution in [0.15, 0.2) is 24.3 Å². The van der Waals surface area contributed by atoms with Crippen molar-refractivity contribution in [2.75, 3.05) is 4.43 Å². The van der Waals surface area contributed by atoms with Gasteiger partial charge in [0.2, 0.25) is 0 Å². The maximum Gasteiger partial charge on any atom is 0.00269 e. The first kappa shape index (κ1) is 12.4. The topological polar surface area (TPSA) is 0 Å². The highest BCUT2D eigenvalue weighted by Gasteiger charge is 2.31. The maximum absolute atomic E-state index is 2.53. The largest absolute Gasteiger partial charge is 0.0861 e. The molecule has 0 radical (unpaired) electrons. The Labute approximate surface area is 113 Å². The molecule has 1 aromatic carbocycles. The summed E-state index contributed by atoms with van der Waals surface area (Å²) in [4.78, 5) is 0. The molecule has 2 rings (SSSR count). The van der Waals surface area contributed by atoms with E-state index in [9.17, 15) is 0 Å². The van der Waals surface area contributed by atoms with E-state index in [1.54, 1.807) is 11.1 Å². The fourth-order valence-electron chi connectivity index (χ4n) is 2.95. The van der Waals surface area contributed by atoms with Gasteiger partial charge in [-0.25, -0.2) is 0 Å². The quantitative estimate of drug-likeness (QED) is 0.530. The summed E-state index contributed by atoms with van der Waals surface area (Å²) in [5.74, 6) is 3.13. The summed E-state index contributed by atoms with van der Waals surface area (Å²) in [7, 11) is 0. The van der Waals surface area contributed by atoms with Gasteiger partial charge in [-0.05, 0) is 41.2 Å². The third-order valence-electron chi connectivity index (χ3n) is 4.30. The zero-order valence-corrected chi connectivity index (χ0v) is 12.6. The molecule has 16 heavy (non-hydrogen) atoms. The Morgan fingerprint density at radius 3 is 2.50 bits per heavy atom. The van der Waals surface area contributed by atoms with E-state index in [1.807, 2.05) is 0 Å². The Morgan fingerprint density at radius 2 is 1.88 bits per heavy atom. The SMILES string of the molecule is CC1CC(C(C)CI)c2ccccc2C1C. The molecule has 1 aliphatic rings. The first-order valence-corrected chi connectivity index (χ1v) is 7.82. The molecule has 0 fully saturated rings. The highest BCUT2D eigenvalue weighted by atomic mass is 127. The summed E-state index contributed by atoms with van der Waals surface area (Å²) in [6.45, 7) is 7.19. The fraction of sp³-hybridized carbons (Fsp3) is 0.600. The van der Waals surface area contributed by atoms with Crippen LogP contribution in [0.5, 0.6) is 0 Å². The predicted octanol–water partition coefficient (Wildman–Crippen LogP) is 4.98. The molecule has 1 aromatic rings. The van der Waals surface area contributed by atoms with E-state index in [2.05, 4.69) is 67.6 Å². The van der Waals surface area contributed by atoms with Crippen molar-refractivity contribution in [3.05, 3.63) is 35.4 Å². The molecular formula is C15H21I. The zero-order chi connectivity index (χ0) is 11.7. The van der Waals surface area contributed by atoms with Gasteiger partial charge < -0.3 is 0 Å². The summed E-state index contributed by atoms with van der Waals surface area (Å²) in [6, 6.07) is 9.08. The molecule has 0 spiro atoms. The van der Waals surface area contributed by atoms with Crippen molar-refractivity contribution >= 4 is 22.6 Å². The van der Waals surface area contributed by atoms with E-state index in [0.29, 0.717) is 0 Å². The van der Waals surface area contributed by atoms with Crippen molar-refractivity contribution in [2.45, 2.75) is 39.0 Å². The number of hydrogen-bond donors (Lipinski definition) is 0. The molecular weight excluding hydrogens is 307 g/mol. The Hall–Kier alpha value is -0.0500. The average Bonchev–Trinajstić information content (AvgIpc) is 2.33. The molecule has 0 saturated carbocycles. The first-order chi connectivity index (χ1) is 7.65. The van der Waals surface area contributed by atoms with Crippen LogP contribution in [0.1, 0.15) is 50.2 Å². The van der Waals surface area contributed by atoms with Crippen LogP contribution in [0.3, 0.4) is 0 Å². The van der Waals surface area contributed by atoms with Crippen molar-refractivity contribution < 1.29 is 0 Å². The summed E-state index contributed by atoms with van der Waals surface area (Å²) < 4.78 is 1.26. The van der Waals surface area contributed by atoms with Crippen molar-refractivity contribution in [2.24, 2.45) is 11.8 Å². The van der Waals surface area contributed by atoms with Crippen LogP contribution < -0.4 is 0 Å². The molecule has 88 valence electrons. The van der Waals surface area contributed by atoms with Crippen LogP contribution in [-0.2, 0) is 0 Å². The minimum Gasteiger partial charge on any atom is -0.0861 e. The normalized spacial score (nSPS) is 30.9.